The Labute approximate surface area is 223 Å². The summed E-state index contributed by atoms with van der Waals surface area (Å²) in [7, 11) is 0. The summed E-state index contributed by atoms with van der Waals surface area (Å²) < 4.78 is 32.4. The van der Waals surface area contributed by atoms with Crippen LogP contribution in [0.2, 0.25) is 5.02 Å². The molecule has 2 unspecified atom stereocenters. The number of esters is 2. The number of halogens is 1. The van der Waals surface area contributed by atoms with Crippen molar-refractivity contribution < 1.29 is 38.0 Å². The third-order valence-corrected chi connectivity index (χ3v) is 6.39. The van der Waals surface area contributed by atoms with Crippen LogP contribution in [0.5, 0.6) is 0 Å². The van der Waals surface area contributed by atoms with Gasteiger partial charge >= 0.3 is 11.9 Å². The molecule has 2 aromatic rings. The molecular weight excluding hydrogens is 500 g/mol. The largest absolute Gasteiger partial charge is 0.459 e. The average Bonchev–Trinajstić information content (AvgIpc) is 3.51. The van der Waals surface area contributed by atoms with Crippen LogP contribution >= 0.6 is 11.6 Å². The highest BCUT2D eigenvalue weighted by Crippen LogP contribution is 2.30. The Hall–Kier alpha value is -2.49. The lowest BCUT2D eigenvalue weighted by atomic mass is 10.1. The van der Waals surface area contributed by atoms with Crippen molar-refractivity contribution in [3.05, 3.63) is 70.7 Å². The number of carbonyl (C=O) groups is 2. The zero-order valence-corrected chi connectivity index (χ0v) is 22.5. The molecule has 0 aliphatic carbocycles. The van der Waals surface area contributed by atoms with Crippen molar-refractivity contribution in [1.29, 1.82) is 0 Å². The molecule has 2 fully saturated rings. The molecule has 0 N–H and O–H groups in total. The third kappa shape index (κ3) is 8.51. The quantitative estimate of drug-likeness (QED) is 0.427. The van der Waals surface area contributed by atoms with E-state index in [9.17, 15) is 9.59 Å². The van der Waals surface area contributed by atoms with Crippen LogP contribution < -0.4 is 0 Å². The molecule has 2 aromatic carbocycles. The van der Waals surface area contributed by atoms with Crippen LogP contribution in [0.15, 0.2) is 54.6 Å². The van der Waals surface area contributed by atoms with E-state index in [1.54, 1.807) is 19.9 Å². The highest BCUT2D eigenvalue weighted by atomic mass is 35.5. The van der Waals surface area contributed by atoms with Crippen molar-refractivity contribution in [2.24, 2.45) is 0 Å². The molecule has 0 aromatic heterocycles. The van der Waals surface area contributed by atoms with Gasteiger partial charge in [0.1, 0.15) is 13.2 Å². The lowest BCUT2D eigenvalue weighted by molar-refractivity contribution is -0.186. The van der Waals surface area contributed by atoms with Crippen molar-refractivity contribution in [3.63, 3.8) is 0 Å². The summed E-state index contributed by atoms with van der Waals surface area (Å²) in [6.45, 7) is 8.39. The number of hydrogen-bond donors (Lipinski definition) is 0. The fourth-order valence-corrected chi connectivity index (χ4v) is 3.96. The minimum Gasteiger partial charge on any atom is -0.459 e. The number of rotatable bonds is 8. The smallest absolute Gasteiger partial charge is 0.338 e. The highest BCUT2D eigenvalue weighted by molar-refractivity contribution is 6.31. The summed E-state index contributed by atoms with van der Waals surface area (Å²) in [6.07, 6.45) is 0.184. The standard InChI is InChI=1S/C15H20O4.C13H15ClO4/c1-3-15(4-2)18-11-13(19-15)14(16)17-10-12-8-6-5-7-9-12;1-13(2)17-8-11(18-13)12(15)16-7-9-5-3-4-6-10(9)14/h5-9,13H,3-4,10-11H2,1-2H3;3-6,11H,7-8H2,1-2H3. The minimum atomic E-state index is -0.728. The average molecular weight is 535 g/mol. The zero-order chi connectivity index (χ0) is 26.9. The minimum absolute atomic E-state index is 0.138. The van der Waals surface area contributed by atoms with Crippen LogP contribution in [0.1, 0.15) is 51.7 Å². The molecule has 8 nitrogen and oxygen atoms in total. The second-order valence-electron chi connectivity index (χ2n) is 9.15. The van der Waals surface area contributed by atoms with Gasteiger partial charge in [0.2, 0.25) is 0 Å². The zero-order valence-electron chi connectivity index (χ0n) is 21.7. The molecule has 4 rings (SSSR count). The second-order valence-corrected chi connectivity index (χ2v) is 9.55. The maximum Gasteiger partial charge on any atom is 0.338 e. The molecule has 2 aliphatic heterocycles. The predicted octanol–water partition coefficient (Wildman–Crippen LogP) is 5.20. The molecule has 0 spiro atoms. The van der Waals surface area contributed by atoms with Crippen LogP contribution in [0.3, 0.4) is 0 Å². The molecule has 2 saturated heterocycles. The lowest BCUT2D eigenvalue weighted by Crippen LogP contribution is -2.32. The van der Waals surface area contributed by atoms with E-state index in [2.05, 4.69) is 0 Å². The van der Waals surface area contributed by atoms with Gasteiger partial charge in [-0.25, -0.2) is 9.59 Å². The van der Waals surface area contributed by atoms with E-state index in [1.807, 2.05) is 62.4 Å². The Morgan fingerprint density at radius 1 is 0.838 bits per heavy atom. The first-order valence-electron chi connectivity index (χ1n) is 12.4. The number of carbonyl (C=O) groups excluding carboxylic acids is 2. The first-order chi connectivity index (χ1) is 17.7. The Balaban J connectivity index is 0.000000206. The molecule has 9 heteroatoms. The Morgan fingerprint density at radius 2 is 1.41 bits per heavy atom. The van der Waals surface area contributed by atoms with E-state index in [0.717, 1.165) is 24.0 Å². The van der Waals surface area contributed by atoms with Gasteiger partial charge in [-0.2, -0.15) is 0 Å². The van der Waals surface area contributed by atoms with Gasteiger partial charge in [0.15, 0.2) is 23.8 Å². The van der Waals surface area contributed by atoms with Crippen LogP contribution in [0.4, 0.5) is 0 Å². The highest BCUT2D eigenvalue weighted by Gasteiger charge is 2.42. The Morgan fingerprint density at radius 3 is 1.97 bits per heavy atom. The molecule has 0 radical (unpaired) electrons. The van der Waals surface area contributed by atoms with E-state index < -0.39 is 29.8 Å². The van der Waals surface area contributed by atoms with Gasteiger partial charge < -0.3 is 28.4 Å². The van der Waals surface area contributed by atoms with Crippen LogP contribution in [0.25, 0.3) is 0 Å². The first kappa shape index (κ1) is 29.1. The summed E-state index contributed by atoms with van der Waals surface area (Å²) >= 11 is 5.97. The fourth-order valence-electron chi connectivity index (χ4n) is 3.77. The lowest BCUT2D eigenvalue weighted by Gasteiger charge is -2.24. The fraction of sp³-hybridized carbons (Fsp3) is 0.500. The Bertz CT molecular complexity index is 1020. The molecule has 0 bridgehead atoms. The summed E-state index contributed by atoms with van der Waals surface area (Å²) in [5.41, 5.74) is 1.73. The normalized spacial score (nSPS) is 21.5. The SMILES string of the molecule is CC1(C)OCC(C(=O)OCc2ccccc2Cl)O1.CCC1(CC)OCC(C(=O)OCc2ccccc2)O1. The van der Waals surface area contributed by atoms with Crippen molar-refractivity contribution >= 4 is 23.5 Å². The van der Waals surface area contributed by atoms with Crippen molar-refractivity contribution in [3.8, 4) is 0 Å². The van der Waals surface area contributed by atoms with E-state index in [4.69, 9.17) is 40.0 Å². The molecule has 0 amide bonds. The van der Waals surface area contributed by atoms with Gasteiger partial charge in [0, 0.05) is 10.6 Å². The monoisotopic (exact) mass is 534 g/mol. The maximum absolute atomic E-state index is 11.9. The van der Waals surface area contributed by atoms with Gasteiger partial charge in [-0.1, -0.05) is 74.0 Å². The van der Waals surface area contributed by atoms with E-state index in [-0.39, 0.29) is 32.4 Å². The van der Waals surface area contributed by atoms with Crippen LogP contribution in [-0.2, 0) is 51.2 Å². The summed E-state index contributed by atoms with van der Waals surface area (Å²) in [5, 5.41) is 0.578. The van der Waals surface area contributed by atoms with E-state index in [0.29, 0.717) is 5.02 Å². The number of hydrogen-bond acceptors (Lipinski definition) is 8. The maximum atomic E-state index is 11.9. The predicted molar refractivity (Wildman–Crippen MR) is 137 cm³/mol. The molecule has 2 aliphatic rings. The van der Waals surface area contributed by atoms with Crippen LogP contribution in [-0.4, -0.2) is 48.9 Å². The van der Waals surface area contributed by atoms with E-state index in [1.165, 1.54) is 0 Å². The van der Waals surface area contributed by atoms with Gasteiger partial charge in [0.25, 0.3) is 0 Å². The Kier molecular flexibility index (Phi) is 10.5. The molecule has 2 atom stereocenters. The summed E-state index contributed by atoms with van der Waals surface area (Å²) in [6, 6.07) is 16.8. The van der Waals surface area contributed by atoms with Crippen molar-refractivity contribution in [1.82, 2.24) is 0 Å². The molecule has 0 saturated carbocycles. The van der Waals surface area contributed by atoms with Gasteiger partial charge in [0.05, 0.1) is 13.2 Å². The number of ether oxygens (including phenoxy) is 6. The van der Waals surface area contributed by atoms with Crippen molar-refractivity contribution in [2.45, 2.75) is 77.5 Å². The van der Waals surface area contributed by atoms with Crippen LogP contribution in [0, 0.1) is 0 Å². The molecule has 2 heterocycles. The van der Waals surface area contributed by atoms with Gasteiger partial charge in [-0.3, -0.25) is 0 Å². The van der Waals surface area contributed by atoms with E-state index >= 15 is 0 Å². The number of benzene rings is 2. The first-order valence-corrected chi connectivity index (χ1v) is 12.8. The summed E-state index contributed by atoms with van der Waals surface area (Å²) in [5.74, 6) is -2.13. The summed E-state index contributed by atoms with van der Waals surface area (Å²) in [4.78, 5) is 23.7. The topological polar surface area (TPSA) is 89.5 Å². The molecule has 202 valence electrons. The molecule has 37 heavy (non-hydrogen) atoms. The molecular formula is C28H35ClO8. The van der Waals surface area contributed by atoms with Gasteiger partial charge in [-0.05, 0) is 38.3 Å². The van der Waals surface area contributed by atoms with Crippen molar-refractivity contribution in [2.75, 3.05) is 13.2 Å². The third-order valence-electron chi connectivity index (χ3n) is 6.02. The van der Waals surface area contributed by atoms with Gasteiger partial charge in [-0.15, -0.1) is 0 Å². The second kappa shape index (κ2) is 13.3.